The molecule has 1 rings (SSSR count). The Morgan fingerprint density at radius 3 is 2.62 bits per heavy atom. The van der Waals surface area contributed by atoms with Crippen molar-refractivity contribution in [3.05, 3.63) is 6.07 Å². The number of carbonyl (C=O) groups is 1. The standard InChI is InChI=1S/C14H25N5OS/c1-6-8-15-11-9-12(18-14(17-11)21-5)16-10(3)13(20)19(4)7-2/h9-10H,6-8H2,1-5H3,(H2,15,16,17,18). The summed E-state index contributed by atoms with van der Waals surface area (Å²) in [7, 11) is 1.79. The van der Waals surface area contributed by atoms with Gasteiger partial charge in [-0.1, -0.05) is 18.7 Å². The molecule has 0 spiro atoms. The molecule has 1 aromatic heterocycles. The molecule has 0 bridgehead atoms. The summed E-state index contributed by atoms with van der Waals surface area (Å²) in [4.78, 5) is 22.6. The van der Waals surface area contributed by atoms with Crippen LogP contribution in [0.4, 0.5) is 11.6 Å². The predicted octanol–water partition coefficient (Wildman–Crippen LogP) is 2.30. The maximum absolute atomic E-state index is 12.1. The zero-order valence-electron chi connectivity index (χ0n) is 13.4. The van der Waals surface area contributed by atoms with E-state index in [9.17, 15) is 4.79 Å². The summed E-state index contributed by atoms with van der Waals surface area (Å²) in [6, 6.07) is 1.52. The minimum Gasteiger partial charge on any atom is -0.370 e. The maximum Gasteiger partial charge on any atom is 0.244 e. The van der Waals surface area contributed by atoms with Gasteiger partial charge in [0.25, 0.3) is 0 Å². The lowest BCUT2D eigenvalue weighted by molar-refractivity contribution is -0.130. The van der Waals surface area contributed by atoms with E-state index in [1.165, 1.54) is 11.8 Å². The monoisotopic (exact) mass is 311 g/mol. The summed E-state index contributed by atoms with van der Waals surface area (Å²) >= 11 is 1.48. The summed E-state index contributed by atoms with van der Waals surface area (Å²) in [6.45, 7) is 7.44. The molecule has 0 aromatic carbocycles. The number of hydrogen-bond donors (Lipinski definition) is 2. The fourth-order valence-corrected chi connectivity index (χ4v) is 2.08. The molecule has 1 unspecified atom stereocenters. The van der Waals surface area contributed by atoms with Crippen molar-refractivity contribution in [1.82, 2.24) is 14.9 Å². The van der Waals surface area contributed by atoms with E-state index in [1.807, 2.05) is 26.2 Å². The van der Waals surface area contributed by atoms with Crippen LogP contribution >= 0.6 is 11.8 Å². The molecule has 1 atom stereocenters. The van der Waals surface area contributed by atoms with Crippen LogP contribution in [0.3, 0.4) is 0 Å². The fourth-order valence-electron chi connectivity index (χ4n) is 1.70. The SMILES string of the molecule is CCCNc1cc(NC(C)C(=O)N(C)CC)nc(SC)n1. The van der Waals surface area contributed by atoms with Crippen LogP contribution < -0.4 is 10.6 Å². The summed E-state index contributed by atoms with van der Waals surface area (Å²) in [5.74, 6) is 1.49. The van der Waals surface area contributed by atoms with Crippen LogP contribution in [0.15, 0.2) is 11.2 Å². The number of nitrogens with zero attached hydrogens (tertiary/aromatic N) is 3. The van der Waals surface area contributed by atoms with Crippen LogP contribution in [-0.2, 0) is 4.79 Å². The summed E-state index contributed by atoms with van der Waals surface area (Å²) in [5.41, 5.74) is 0. The van der Waals surface area contributed by atoms with Crippen LogP contribution in [-0.4, -0.2) is 53.2 Å². The topological polar surface area (TPSA) is 70.2 Å². The number of hydrogen-bond acceptors (Lipinski definition) is 6. The van der Waals surface area contributed by atoms with Gasteiger partial charge in [0.1, 0.15) is 17.7 Å². The molecular weight excluding hydrogens is 286 g/mol. The van der Waals surface area contributed by atoms with Crippen LogP contribution in [0.5, 0.6) is 0 Å². The molecule has 0 saturated carbocycles. The third kappa shape index (κ3) is 5.41. The zero-order chi connectivity index (χ0) is 15.8. The van der Waals surface area contributed by atoms with E-state index < -0.39 is 0 Å². The van der Waals surface area contributed by atoms with Gasteiger partial charge in [-0.15, -0.1) is 0 Å². The lowest BCUT2D eigenvalue weighted by atomic mass is 10.3. The van der Waals surface area contributed by atoms with Crippen molar-refractivity contribution < 1.29 is 4.79 Å². The molecule has 1 amide bonds. The second-order valence-electron chi connectivity index (χ2n) is 4.77. The van der Waals surface area contributed by atoms with Gasteiger partial charge in [0.05, 0.1) is 0 Å². The molecule has 0 aliphatic heterocycles. The normalized spacial score (nSPS) is 11.9. The molecular formula is C14H25N5OS. The number of carbonyl (C=O) groups excluding carboxylic acids is 1. The minimum absolute atomic E-state index is 0.0462. The molecule has 0 radical (unpaired) electrons. The average Bonchev–Trinajstić information content (AvgIpc) is 2.50. The number of thioether (sulfide) groups is 1. The molecule has 0 saturated heterocycles. The van der Waals surface area contributed by atoms with Gasteiger partial charge in [0, 0.05) is 26.2 Å². The molecule has 0 aliphatic rings. The molecule has 0 aliphatic carbocycles. The summed E-state index contributed by atoms with van der Waals surface area (Å²) < 4.78 is 0. The van der Waals surface area contributed by atoms with Gasteiger partial charge in [-0.3, -0.25) is 4.79 Å². The van der Waals surface area contributed by atoms with E-state index >= 15 is 0 Å². The lowest BCUT2D eigenvalue weighted by Crippen LogP contribution is -2.39. The van der Waals surface area contributed by atoms with Crippen molar-refractivity contribution >= 4 is 29.3 Å². The van der Waals surface area contributed by atoms with Gasteiger partial charge < -0.3 is 15.5 Å². The van der Waals surface area contributed by atoms with Crippen molar-refractivity contribution in [3.8, 4) is 0 Å². The Labute approximate surface area is 131 Å². The summed E-state index contributed by atoms with van der Waals surface area (Å²) in [6.07, 6.45) is 2.96. The number of amides is 1. The van der Waals surface area contributed by atoms with E-state index in [-0.39, 0.29) is 11.9 Å². The first-order chi connectivity index (χ1) is 10.0. The first kappa shape index (κ1) is 17.6. The highest BCUT2D eigenvalue weighted by atomic mass is 32.2. The third-order valence-electron chi connectivity index (χ3n) is 3.03. The highest BCUT2D eigenvalue weighted by molar-refractivity contribution is 7.98. The largest absolute Gasteiger partial charge is 0.370 e. The van der Waals surface area contributed by atoms with Gasteiger partial charge in [-0.2, -0.15) is 0 Å². The smallest absolute Gasteiger partial charge is 0.244 e. The molecule has 7 heteroatoms. The second kappa shape index (κ2) is 8.71. The molecule has 21 heavy (non-hydrogen) atoms. The van der Waals surface area contributed by atoms with Crippen molar-refractivity contribution in [3.63, 3.8) is 0 Å². The number of anilines is 2. The highest BCUT2D eigenvalue weighted by Crippen LogP contribution is 2.18. The van der Waals surface area contributed by atoms with Gasteiger partial charge >= 0.3 is 0 Å². The molecule has 6 nitrogen and oxygen atoms in total. The first-order valence-corrected chi connectivity index (χ1v) is 8.42. The van der Waals surface area contributed by atoms with Crippen molar-refractivity contribution in [2.24, 2.45) is 0 Å². The molecule has 1 heterocycles. The van der Waals surface area contributed by atoms with Crippen molar-refractivity contribution in [2.75, 3.05) is 37.0 Å². The maximum atomic E-state index is 12.1. The Hall–Kier alpha value is -1.50. The van der Waals surface area contributed by atoms with E-state index in [0.29, 0.717) is 17.5 Å². The molecule has 2 N–H and O–H groups in total. The number of nitrogens with one attached hydrogen (secondary N) is 2. The summed E-state index contributed by atoms with van der Waals surface area (Å²) in [5, 5.41) is 7.08. The van der Waals surface area contributed by atoms with Crippen molar-refractivity contribution in [1.29, 1.82) is 0 Å². The first-order valence-electron chi connectivity index (χ1n) is 7.20. The Balaban J connectivity index is 2.83. The minimum atomic E-state index is -0.321. The lowest BCUT2D eigenvalue weighted by Gasteiger charge is -2.21. The number of rotatable bonds is 8. The van der Waals surface area contributed by atoms with Gasteiger partial charge in [0.2, 0.25) is 5.91 Å². The van der Waals surface area contributed by atoms with Crippen LogP contribution in [0, 0.1) is 0 Å². The highest BCUT2D eigenvalue weighted by Gasteiger charge is 2.17. The van der Waals surface area contributed by atoms with E-state index in [2.05, 4.69) is 27.5 Å². The zero-order valence-corrected chi connectivity index (χ0v) is 14.3. The van der Waals surface area contributed by atoms with Crippen LogP contribution in [0.25, 0.3) is 0 Å². The van der Waals surface area contributed by atoms with E-state index in [4.69, 9.17) is 0 Å². The van der Waals surface area contributed by atoms with Gasteiger partial charge in [-0.25, -0.2) is 9.97 Å². The van der Waals surface area contributed by atoms with Crippen LogP contribution in [0.2, 0.25) is 0 Å². The Bertz CT molecular complexity index is 469. The van der Waals surface area contributed by atoms with E-state index in [0.717, 1.165) is 18.8 Å². The quantitative estimate of drug-likeness (QED) is 0.567. The van der Waals surface area contributed by atoms with Gasteiger partial charge in [-0.05, 0) is 26.5 Å². The fraction of sp³-hybridized carbons (Fsp3) is 0.643. The number of aromatic nitrogens is 2. The molecule has 118 valence electrons. The van der Waals surface area contributed by atoms with Gasteiger partial charge in [0.15, 0.2) is 5.16 Å². The number of likely N-dealkylation sites (N-methyl/N-ethyl adjacent to an activating group) is 1. The Morgan fingerprint density at radius 2 is 2.05 bits per heavy atom. The predicted molar refractivity (Wildman–Crippen MR) is 89.0 cm³/mol. The Morgan fingerprint density at radius 1 is 1.38 bits per heavy atom. The van der Waals surface area contributed by atoms with E-state index in [1.54, 1.807) is 11.9 Å². The molecule has 1 aromatic rings. The van der Waals surface area contributed by atoms with Crippen molar-refractivity contribution in [2.45, 2.75) is 38.4 Å². The third-order valence-corrected chi connectivity index (χ3v) is 3.58. The Kier molecular flexibility index (Phi) is 7.28. The van der Waals surface area contributed by atoms with Crippen LogP contribution in [0.1, 0.15) is 27.2 Å². The molecule has 0 fully saturated rings. The average molecular weight is 311 g/mol. The second-order valence-corrected chi connectivity index (χ2v) is 5.54.